The average molecular weight is 345 g/mol. The van der Waals surface area contributed by atoms with Crippen LogP contribution in [-0.4, -0.2) is 24.1 Å². The maximum absolute atomic E-state index is 13.5. The fourth-order valence-corrected chi connectivity index (χ4v) is 3.08. The molecule has 1 aliphatic heterocycles. The Balaban J connectivity index is 1.64. The van der Waals surface area contributed by atoms with Gasteiger partial charge < -0.3 is 15.0 Å². The van der Waals surface area contributed by atoms with Gasteiger partial charge in [-0.1, -0.05) is 41.9 Å². The number of hydrogen-bond donors (Lipinski definition) is 2. The summed E-state index contributed by atoms with van der Waals surface area (Å²) >= 11 is 5.79. The van der Waals surface area contributed by atoms with Gasteiger partial charge in [0.25, 0.3) is 5.91 Å². The van der Waals surface area contributed by atoms with Gasteiger partial charge >= 0.3 is 0 Å². The number of nitrogens with one attached hydrogen (secondary N) is 2. The maximum Gasteiger partial charge on any atom is 0.268 e. The van der Waals surface area contributed by atoms with E-state index in [9.17, 15) is 9.18 Å². The fraction of sp³-hybridized carbons (Fsp3) is 0.167. The minimum Gasteiger partial charge on any atom is -0.376 e. The van der Waals surface area contributed by atoms with Crippen LogP contribution in [-0.2, 0) is 10.3 Å². The summed E-state index contributed by atoms with van der Waals surface area (Å²) in [6, 6.07) is 14.1. The lowest BCUT2D eigenvalue weighted by atomic mass is 9.88. The molecule has 1 aromatic heterocycles. The van der Waals surface area contributed by atoms with E-state index in [1.807, 2.05) is 30.3 Å². The molecule has 1 aliphatic rings. The smallest absolute Gasteiger partial charge is 0.268 e. The van der Waals surface area contributed by atoms with Crippen molar-refractivity contribution in [2.24, 2.45) is 0 Å². The normalized spacial score (nSPS) is 15.9. The van der Waals surface area contributed by atoms with Crippen molar-refractivity contribution in [2.45, 2.75) is 5.54 Å². The van der Waals surface area contributed by atoms with Gasteiger partial charge in [0.2, 0.25) is 0 Å². The van der Waals surface area contributed by atoms with Crippen molar-refractivity contribution in [3.05, 3.63) is 70.6 Å². The van der Waals surface area contributed by atoms with E-state index in [2.05, 4.69) is 10.3 Å². The number of aromatic nitrogens is 1. The van der Waals surface area contributed by atoms with Crippen LogP contribution in [0.15, 0.2) is 48.5 Å². The molecule has 3 aromatic rings. The molecule has 0 atom stereocenters. The Morgan fingerprint density at radius 3 is 2.62 bits per heavy atom. The molecule has 1 fully saturated rings. The van der Waals surface area contributed by atoms with E-state index in [1.165, 1.54) is 12.1 Å². The minimum absolute atomic E-state index is 0.0293. The van der Waals surface area contributed by atoms with Crippen LogP contribution < -0.4 is 5.32 Å². The predicted molar refractivity (Wildman–Crippen MR) is 89.7 cm³/mol. The number of aromatic amines is 1. The van der Waals surface area contributed by atoms with E-state index in [0.717, 1.165) is 5.56 Å². The van der Waals surface area contributed by atoms with Crippen LogP contribution in [0.25, 0.3) is 10.9 Å². The zero-order valence-corrected chi connectivity index (χ0v) is 13.4. The highest BCUT2D eigenvalue weighted by molar-refractivity contribution is 6.31. The molecule has 122 valence electrons. The van der Waals surface area contributed by atoms with Gasteiger partial charge in [-0.3, -0.25) is 4.79 Å². The number of hydrogen-bond acceptors (Lipinski definition) is 2. The highest BCUT2D eigenvalue weighted by Gasteiger charge is 2.42. The summed E-state index contributed by atoms with van der Waals surface area (Å²) < 4.78 is 18.9. The Labute approximate surface area is 142 Å². The Bertz CT molecular complexity index is 880. The molecule has 0 radical (unpaired) electrons. The lowest BCUT2D eigenvalue weighted by Gasteiger charge is -2.42. The second-order valence-electron chi connectivity index (χ2n) is 5.93. The van der Waals surface area contributed by atoms with E-state index in [1.54, 1.807) is 6.07 Å². The summed E-state index contributed by atoms with van der Waals surface area (Å²) in [7, 11) is 0. The van der Waals surface area contributed by atoms with Gasteiger partial charge in [0, 0.05) is 10.9 Å². The van der Waals surface area contributed by atoms with Crippen LogP contribution in [0.5, 0.6) is 0 Å². The quantitative estimate of drug-likeness (QED) is 0.762. The Morgan fingerprint density at radius 1 is 1.21 bits per heavy atom. The Kier molecular flexibility index (Phi) is 3.55. The molecule has 6 heteroatoms. The number of fused-ring (bicyclic) bond motifs is 1. The number of carbonyl (C=O) groups excluding carboxylic acids is 1. The van der Waals surface area contributed by atoms with E-state index < -0.39 is 11.4 Å². The van der Waals surface area contributed by atoms with Crippen molar-refractivity contribution in [3.8, 4) is 0 Å². The van der Waals surface area contributed by atoms with E-state index in [-0.39, 0.29) is 10.9 Å². The second-order valence-corrected chi connectivity index (χ2v) is 6.34. The van der Waals surface area contributed by atoms with Crippen LogP contribution >= 0.6 is 11.6 Å². The molecular weight excluding hydrogens is 331 g/mol. The van der Waals surface area contributed by atoms with Crippen molar-refractivity contribution in [2.75, 3.05) is 13.2 Å². The second kappa shape index (κ2) is 5.61. The standard InChI is InChI=1S/C18H14ClFN2O2/c19-13-6-11-7-16(21-15(11)8-14(13)20)17(23)22-18(9-24-10-18)12-4-2-1-3-5-12/h1-8,21H,9-10H2,(H,22,23). The van der Waals surface area contributed by atoms with Crippen LogP contribution in [0.2, 0.25) is 5.02 Å². The first kappa shape index (κ1) is 15.2. The van der Waals surface area contributed by atoms with Crippen molar-refractivity contribution < 1.29 is 13.9 Å². The average Bonchev–Trinajstić information content (AvgIpc) is 2.95. The molecule has 0 aliphatic carbocycles. The van der Waals surface area contributed by atoms with E-state index in [4.69, 9.17) is 16.3 Å². The third-order valence-corrected chi connectivity index (χ3v) is 4.57. The summed E-state index contributed by atoms with van der Waals surface area (Å²) in [6.07, 6.45) is 0. The molecule has 2 N–H and O–H groups in total. The van der Waals surface area contributed by atoms with Crippen LogP contribution in [0.1, 0.15) is 16.1 Å². The zero-order chi connectivity index (χ0) is 16.7. The molecule has 4 nitrogen and oxygen atoms in total. The summed E-state index contributed by atoms with van der Waals surface area (Å²) in [5, 5.41) is 3.75. The Morgan fingerprint density at radius 2 is 1.96 bits per heavy atom. The number of amides is 1. The molecule has 4 rings (SSSR count). The minimum atomic E-state index is -0.529. The molecule has 0 unspecified atom stereocenters. The molecular formula is C18H14ClFN2O2. The number of halogens is 2. The predicted octanol–water partition coefficient (Wildman–Crippen LogP) is 3.62. The number of H-pyrrole nitrogens is 1. The summed E-state index contributed by atoms with van der Waals surface area (Å²) in [5.74, 6) is -0.791. The first-order valence-electron chi connectivity index (χ1n) is 7.51. The molecule has 0 bridgehead atoms. The topological polar surface area (TPSA) is 54.1 Å². The first-order valence-corrected chi connectivity index (χ1v) is 7.89. The van der Waals surface area contributed by atoms with Gasteiger partial charge in [-0.15, -0.1) is 0 Å². The van der Waals surface area contributed by atoms with Crippen molar-refractivity contribution in [1.29, 1.82) is 0 Å². The SMILES string of the molecule is O=C(NC1(c2ccccc2)COC1)c1cc2cc(Cl)c(F)cc2[nH]1. The van der Waals surface area contributed by atoms with Crippen LogP contribution in [0, 0.1) is 5.82 Å². The maximum atomic E-state index is 13.5. The van der Waals surface area contributed by atoms with Gasteiger partial charge in [-0.25, -0.2) is 4.39 Å². The highest BCUT2D eigenvalue weighted by atomic mass is 35.5. The van der Waals surface area contributed by atoms with Gasteiger partial charge in [0.15, 0.2) is 0 Å². The van der Waals surface area contributed by atoms with Gasteiger partial charge in [-0.2, -0.15) is 0 Å². The van der Waals surface area contributed by atoms with Crippen LogP contribution in [0.4, 0.5) is 4.39 Å². The van der Waals surface area contributed by atoms with Crippen molar-refractivity contribution in [3.63, 3.8) is 0 Å². The number of rotatable bonds is 3. The number of benzene rings is 2. The molecule has 2 aromatic carbocycles. The number of ether oxygens (including phenoxy) is 1. The molecule has 0 saturated carbocycles. The highest BCUT2D eigenvalue weighted by Crippen LogP contribution is 2.30. The molecule has 0 spiro atoms. The van der Waals surface area contributed by atoms with Crippen LogP contribution in [0.3, 0.4) is 0 Å². The van der Waals surface area contributed by atoms with Gasteiger partial charge in [-0.05, 0) is 23.8 Å². The monoisotopic (exact) mass is 344 g/mol. The third kappa shape index (κ3) is 2.46. The van der Waals surface area contributed by atoms with Gasteiger partial charge in [0.1, 0.15) is 17.1 Å². The van der Waals surface area contributed by atoms with Gasteiger partial charge in [0.05, 0.1) is 18.2 Å². The Hall–Kier alpha value is -2.37. The molecule has 1 amide bonds. The fourth-order valence-electron chi connectivity index (χ4n) is 2.91. The summed E-state index contributed by atoms with van der Waals surface area (Å²) in [5.41, 5.74) is 1.35. The molecule has 2 heterocycles. The van der Waals surface area contributed by atoms with Crippen molar-refractivity contribution >= 4 is 28.4 Å². The lowest BCUT2D eigenvalue weighted by molar-refractivity contribution is -0.0734. The van der Waals surface area contributed by atoms with E-state index in [0.29, 0.717) is 29.8 Å². The lowest BCUT2D eigenvalue weighted by Crippen LogP contribution is -2.59. The third-order valence-electron chi connectivity index (χ3n) is 4.28. The summed E-state index contributed by atoms with van der Waals surface area (Å²) in [6.45, 7) is 0.840. The molecule has 1 saturated heterocycles. The largest absolute Gasteiger partial charge is 0.376 e. The van der Waals surface area contributed by atoms with Crippen molar-refractivity contribution in [1.82, 2.24) is 10.3 Å². The molecule has 24 heavy (non-hydrogen) atoms. The number of carbonyl (C=O) groups is 1. The zero-order valence-electron chi connectivity index (χ0n) is 12.6. The van der Waals surface area contributed by atoms with E-state index >= 15 is 0 Å². The summed E-state index contributed by atoms with van der Waals surface area (Å²) in [4.78, 5) is 15.6. The first-order chi connectivity index (χ1) is 11.6.